The number of nitrogens with one attached hydrogen (secondary N) is 3. The Morgan fingerprint density at radius 1 is 1.35 bits per heavy atom. The Hall–Kier alpha value is -2.63. The molecule has 3 N–H and O–H groups in total. The minimum absolute atomic E-state index is 0.0326. The molecule has 3 aromatic rings. The van der Waals surface area contributed by atoms with Crippen LogP contribution in [0, 0.1) is 6.92 Å². The summed E-state index contributed by atoms with van der Waals surface area (Å²) in [7, 11) is 0. The lowest BCUT2D eigenvalue weighted by Crippen LogP contribution is -2.34. The van der Waals surface area contributed by atoms with Gasteiger partial charge in [0.15, 0.2) is 0 Å². The summed E-state index contributed by atoms with van der Waals surface area (Å²) in [4.78, 5) is 19.8. The number of hydrogen-bond donors (Lipinski definition) is 3. The number of rotatable bonds is 6. The van der Waals surface area contributed by atoms with E-state index in [0.717, 1.165) is 34.7 Å². The highest BCUT2D eigenvalue weighted by Crippen LogP contribution is 2.11. The summed E-state index contributed by atoms with van der Waals surface area (Å²) in [5.41, 5.74) is 3.94. The molecule has 1 atom stereocenters. The molecule has 1 amide bonds. The highest BCUT2D eigenvalue weighted by molar-refractivity contribution is 5.77. The van der Waals surface area contributed by atoms with E-state index in [2.05, 4.69) is 25.5 Å². The van der Waals surface area contributed by atoms with E-state index in [1.165, 1.54) is 0 Å². The van der Waals surface area contributed by atoms with Gasteiger partial charge in [-0.3, -0.25) is 9.89 Å². The summed E-state index contributed by atoms with van der Waals surface area (Å²) in [5, 5.41) is 10.1. The summed E-state index contributed by atoms with van der Waals surface area (Å²) in [6.45, 7) is 3.95. The van der Waals surface area contributed by atoms with E-state index < -0.39 is 0 Å². The molecule has 23 heavy (non-hydrogen) atoms. The number of aromatic nitrogens is 4. The van der Waals surface area contributed by atoms with Gasteiger partial charge in [-0.05, 0) is 32.0 Å². The SMILES string of the molecule is Cc1cc(C[C@@H](C)NC(=O)CCc2nc3ccccc3[nH]2)n[nH]1. The van der Waals surface area contributed by atoms with Crippen LogP contribution >= 0.6 is 0 Å². The van der Waals surface area contributed by atoms with Gasteiger partial charge in [0.25, 0.3) is 0 Å². The average molecular weight is 311 g/mol. The van der Waals surface area contributed by atoms with Crippen molar-refractivity contribution in [3.8, 4) is 0 Å². The quantitative estimate of drug-likeness (QED) is 0.652. The molecule has 0 aliphatic heterocycles. The lowest BCUT2D eigenvalue weighted by molar-refractivity contribution is -0.121. The van der Waals surface area contributed by atoms with E-state index in [1.807, 2.05) is 44.2 Å². The Balaban J connectivity index is 1.49. The molecule has 2 aromatic heterocycles. The standard InChI is InChI=1S/C17H21N5O/c1-11(9-13-10-12(2)21-22-13)18-17(23)8-7-16-19-14-5-3-4-6-15(14)20-16/h3-6,10-11H,7-9H2,1-2H3,(H,18,23)(H,19,20)(H,21,22)/t11-/m1/s1. The number of benzene rings is 1. The highest BCUT2D eigenvalue weighted by atomic mass is 16.1. The van der Waals surface area contributed by atoms with E-state index in [4.69, 9.17) is 0 Å². The number of carbonyl (C=O) groups is 1. The predicted molar refractivity (Wildman–Crippen MR) is 89.0 cm³/mol. The van der Waals surface area contributed by atoms with Crippen LogP contribution in [0.1, 0.15) is 30.6 Å². The van der Waals surface area contributed by atoms with E-state index in [9.17, 15) is 4.79 Å². The number of H-pyrrole nitrogens is 2. The van der Waals surface area contributed by atoms with Crippen LogP contribution in [0.5, 0.6) is 0 Å². The second-order valence-corrected chi connectivity index (χ2v) is 5.92. The van der Waals surface area contributed by atoms with Crippen molar-refractivity contribution in [3.05, 3.63) is 47.5 Å². The van der Waals surface area contributed by atoms with Gasteiger partial charge in [0.1, 0.15) is 5.82 Å². The number of hydrogen-bond acceptors (Lipinski definition) is 3. The first-order valence-electron chi connectivity index (χ1n) is 7.84. The lowest BCUT2D eigenvalue weighted by Gasteiger charge is -2.12. The van der Waals surface area contributed by atoms with Gasteiger partial charge in [0.05, 0.1) is 16.7 Å². The topological polar surface area (TPSA) is 86.5 Å². The van der Waals surface area contributed by atoms with Gasteiger partial charge in [-0.15, -0.1) is 0 Å². The molecule has 0 aliphatic carbocycles. The zero-order valence-electron chi connectivity index (χ0n) is 13.4. The van der Waals surface area contributed by atoms with Crippen LogP contribution < -0.4 is 5.32 Å². The van der Waals surface area contributed by atoms with Crippen molar-refractivity contribution in [3.63, 3.8) is 0 Å². The third-order valence-electron chi connectivity index (χ3n) is 3.71. The maximum Gasteiger partial charge on any atom is 0.220 e. The summed E-state index contributed by atoms with van der Waals surface area (Å²) in [6, 6.07) is 9.93. The predicted octanol–water partition coefficient (Wildman–Crippen LogP) is 2.27. The number of fused-ring (bicyclic) bond motifs is 1. The van der Waals surface area contributed by atoms with Crippen LogP contribution in [0.25, 0.3) is 11.0 Å². The monoisotopic (exact) mass is 311 g/mol. The fourth-order valence-corrected chi connectivity index (χ4v) is 2.65. The van der Waals surface area contributed by atoms with Crippen LogP contribution in [0.3, 0.4) is 0 Å². The maximum absolute atomic E-state index is 12.1. The molecule has 2 heterocycles. The van der Waals surface area contributed by atoms with E-state index in [0.29, 0.717) is 12.8 Å². The molecule has 0 saturated carbocycles. The third kappa shape index (κ3) is 3.97. The normalized spacial score (nSPS) is 12.4. The molecule has 0 saturated heterocycles. The fraction of sp³-hybridized carbons (Fsp3) is 0.353. The van der Waals surface area contributed by atoms with Gasteiger partial charge < -0.3 is 10.3 Å². The zero-order valence-corrected chi connectivity index (χ0v) is 13.4. The van der Waals surface area contributed by atoms with E-state index in [-0.39, 0.29) is 11.9 Å². The minimum atomic E-state index is 0.0326. The zero-order chi connectivity index (χ0) is 16.2. The fourth-order valence-electron chi connectivity index (χ4n) is 2.65. The van der Waals surface area contributed by atoms with E-state index >= 15 is 0 Å². The Bertz CT molecular complexity index is 771. The van der Waals surface area contributed by atoms with Crippen LogP contribution in [0.4, 0.5) is 0 Å². The number of amides is 1. The van der Waals surface area contributed by atoms with Crippen molar-refractivity contribution in [1.82, 2.24) is 25.5 Å². The average Bonchev–Trinajstić information content (AvgIpc) is 3.10. The third-order valence-corrected chi connectivity index (χ3v) is 3.71. The first-order valence-corrected chi connectivity index (χ1v) is 7.84. The maximum atomic E-state index is 12.1. The number of para-hydroxylation sites is 2. The molecule has 1 aromatic carbocycles. The van der Waals surface area contributed by atoms with Crippen molar-refractivity contribution in [2.45, 2.75) is 39.2 Å². The van der Waals surface area contributed by atoms with Gasteiger partial charge in [-0.2, -0.15) is 5.10 Å². The van der Waals surface area contributed by atoms with Crippen LogP contribution in [0.15, 0.2) is 30.3 Å². The molecular formula is C17H21N5O. The number of nitrogens with zero attached hydrogens (tertiary/aromatic N) is 2. The van der Waals surface area contributed by atoms with Crippen LogP contribution in [-0.2, 0) is 17.6 Å². The summed E-state index contributed by atoms with van der Waals surface area (Å²) < 4.78 is 0. The molecule has 120 valence electrons. The Kier molecular flexibility index (Phi) is 4.41. The lowest BCUT2D eigenvalue weighted by atomic mass is 10.1. The summed E-state index contributed by atoms with van der Waals surface area (Å²) >= 11 is 0. The van der Waals surface area contributed by atoms with Gasteiger partial charge in [0, 0.05) is 31.0 Å². The molecule has 0 radical (unpaired) electrons. The number of aryl methyl sites for hydroxylation is 2. The second kappa shape index (κ2) is 6.64. The molecule has 6 nitrogen and oxygen atoms in total. The van der Waals surface area contributed by atoms with Crippen molar-refractivity contribution in [2.75, 3.05) is 0 Å². The molecule has 0 fully saturated rings. The first-order chi connectivity index (χ1) is 11.1. The second-order valence-electron chi connectivity index (χ2n) is 5.92. The Morgan fingerprint density at radius 2 is 2.17 bits per heavy atom. The summed E-state index contributed by atoms with van der Waals surface area (Å²) in [5.74, 6) is 0.877. The Labute approximate surface area is 134 Å². The highest BCUT2D eigenvalue weighted by Gasteiger charge is 2.11. The number of aromatic amines is 2. The minimum Gasteiger partial charge on any atom is -0.353 e. The van der Waals surface area contributed by atoms with Crippen LogP contribution in [-0.4, -0.2) is 32.1 Å². The molecule has 0 spiro atoms. The number of imidazole rings is 1. The van der Waals surface area contributed by atoms with Gasteiger partial charge in [0.2, 0.25) is 5.91 Å². The van der Waals surface area contributed by atoms with Crippen molar-refractivity contribution in [2.24, 2.45) is 0 Å². The van der Waals surface area contributed by atoms with Crippen molar-refractivity contribution >= 4 is 16.9 Å². The largest absolute Gasteiger partial charge is 0.353 e. The molecule has 0 aliphatic rings. The molecule has 3 rings (SSSR count). The van der Waals surface area contributed by atoms with Gasteiger partial charge >= 0.3 is 0 Å². The van der Waals surface area contributed by atoms with E-state index in [1.54, 1.807) is 0 Å². The smallest absolute Gasteiger partial charge is 0.220 e. The molecular weight excluding hydrogens is 290 g/mol. The van der Waals surface area contributed by atoms with Gasteiger partial charge in [-0.1, -0.05) is 12.1 Å². The number of carbonyl (C=O) groups excluding carboxylic acids is 1. The van der Waals surface area contributed by atoms with Crippen molar-refractivity contribution < 1.29 is 4.79 Å². The molecule has 0 bridgehead atoms. The molecule has 6 heteroatoms. The Morgan fingerprint density at radius 3 is 2.91 bits per heavy atom. The summed E-state index contributed by atoms with van der Waals surface area (Å²) in [6.07, 6.45) is 1.75. The first kappa shape index (κ1) is 15.3. The van der Waals surface area contributed by atoms with Crippen LogP contribution in [0.2, 0.25) is 0 Å². The van der Waals surface area contributed by atoms with Crippen molar-refractivity contribution in [1.29, 1.82) is 0 Å². The molecule has 0 unspecified atom stereocenters. The van der Waals surface area contributed by atoms with Gasteiger partial charge in [-0.25, -0.2) is 4.98 Å².